The lowest BCUT2D eigenvalue weighted by Gasteiger charge is -2.37. The van der Waals surface area contributed by atoms with Crippen molar-refractivity contribution in [1.82, 2.24) is 14.9 Å². The van der Waals surface area contributed by atoms with Crippen LogP contribution in [-0.2, 0) is 0 Å². The first-order valence-corrected chi connectivity index (χ1v) is 10.2. The molecule has 2 fully saturated rings. The second kappa shape index (κ2) is 8.17. The van der Waals surface area contributed by atoms with Crippen molar-refractivity contribution >= 4 is 17.8 Å². The maximum absolute atomic E-state index is 4.89. The molecular formula is C20H31N5. The molecule has 5 nitrogen and oxygen atoms in total. The quantitative estimate of drug-likeness (QED) is 0.887. The van der Waals surface area contributed by atoms with Gasteiger partial charge in [0.2, 0.25) is 5.95 Å². The normalized spacial score (nSPS) is 22.0. The highest BCUT2D eigenvalue weighted by atomic mass is 15.3. The molecule has 1 aromatic heterocycles. The number of hydrogen-bond acceptors (Lipinski definition) is 5. The fourth-order valence-corrected chi connectivity index (χ4v) is 4.42. The first-order chi connectivity index (χ1) is 12.4. The Bertz CT molecular complexity index is 588. The Hall–Kier alpha value is -1.62. The van der Waals surface area contributed by atoms with Crippen LogP contribution >= 0.6 is 0 Å². The van der Waals surface area contributed by atoms with Crippen LogP contribution in [0.4, 0.5) is 11.8 Å². The van der Waals surface area contributed by atoms with E-state index in [4.69, 9.17) is 4.98 Å². The summed E-state index contributed by atoms with van der Waals surface area (Å²) in [6.45, 7) is 5.49. The van der Waals surface area contributed by atoms with Gasteiger partial charge in [-0.05, 0) is 38.8 Å². The van der Waals surface area contributed by atoms with Crippen molar-refractivity contribution in [3.8, 4) is 0 Å². The van der Waals surface area contributed by atoms with Crippen LogP contribution in [0.15, 0.2) is 12.3 Å². The fourth-order valence-electron chi connectivity index (χ4n) is 4.42. The zero-order valence-corrected chi connectivity index (χ0v) is 15.3. The summed E-state index contributed by atoms with van der Waals surface area (Å²) < 4.78 is 0. The molecule has 0 bridgehead atoms. The summed E-state index contributed by atoms with van der Waals surface area (Å²) in [5.74, 6) is 1.91. The lowest BCUT2D eigenvalue weighted by Crippen LogP contribution is -2.39. The Balaban J connectivity index is 1.39. The predicted octanol–water partition coefficient (Wildman–Crippen LogP) is 3.54. The molecule has 1 N–H and O–H groups in total. The van der Waals surface area contributed by atoms with Crippen LogP contribution in [0, 0.1) is 0 Å². The van der Waals surface area contributed by atoms with Gasteiger partial charge < -0.3 is 15.1 Å². The smallest absolute Gasteiger partial charge is 0.224 e. The molecule has 1 aromatic rings. The molecule has 1 saturated heterocycles. The molecule has 2 aliphatic heterocycles. The third kappa shape index (κ3) is 4.14. The van der Waals surface area contributed by atoms with Gasteiger partial charge in [-0.1, -0.05) is 37.8 Å². The van der Waals surface area contributed by atoms with Gasteiger partial charge >= 0.3 is 0 Å². The van der Waals surface area contributed by atoms with Crippen molar-refractivity contribution < 1.29 is 0 Å². The average molecular weight is 342 g/mol. The topological polar surface area (TPSA) is 44.3 Å². The van der Waals surface area contributed by atoms with E-state index in [0.29, 0.717) is 6.04 Å². The second-order valence-electron chi connectivity index (χ2n) is 7.65. The number of fused-ring (bicyclic) bond motifs is 1. The van der Waals surface area contributed by atoms with Gasteiger partial charge in [0, 0.05) is 37.4 Å². The first kappa shape index (κ1) is 16.8. The van der Waals surface area contributed by atoms with Crippen molar-refractivity contribution in [2.24, 2.45) is 0 Å². The maximum Gasteiger partial charge on any atom is 0.224 e. The molecule has 1 saturated carbocycles. The third-order valence-electron chi connectivity index (χ3n) is 5.84. The van der Waals surface area contributed by atoms with Crippen LogP contribution < -0.4 is 10.2 Å². The third-order valence-corrected chi connectivity index (χ3v) is 5.84. The monoisotopic (exact) mass is 341 g/mol. The van der Waals surface area contributed by atoms with E-state index in [1.807, 2.05) is 6.20 Å². The lowest BCUT2D eigenvalue weighted by molar-refractivity contribution is 0.237. The molecule has 0 aromatic carbocycles. The largest absolute Gasteiger partial charge is 0.353 e. The summed E-state index contributed by atoms with van der Waals surface area (Å²) in [6, 6.07) is 0.647. The summed E-state index contributed by atoms with van der Waals surface area (Å²) in [5, 5.41) is 3.45. The van der Waals surface area contributed by atoms with Crippen LogP contribution in [0.2, 0.25) is 0 Å². The molecular weight excluding hydrogens is 310 g/mol. The predicted molar refractivity (Wildman–Crippen MR) is 104 cm³/mol. The molecule has 5 heteroatoms. The van der Waals surface area contributed by atoms with Crippen LogP contribution in [0.25, 0.3) is 6.08 Å². The molecule has 25 heavy (non-hydrogen) atoms. The van der Waals surface area contributed by atoms with Gasteiger partial charge in [-0.2, -0.15) is 4.98 Å². The average Bonchev–Trinajstić information content (AvgIpc) is 2.69. The van der Waals surface area contributed by atoms with Crippen molar-refractivity contribution in [1.29, 1.82) is 0 Å². The van der Waals surface area contributed by atoms with Crippen molar-refractivity contribution in [2.75, 3.05) is 42.9 Å². The van der Waals surface area contributed by atoms with Crippen LogP contribution in [0.1, 0.15) is 56.9 Å². The van der Waals surface area contributed by atoms with E-state index in [1.54, 1.807) is 0 Å². The molecule has 0 amide bonds. The van der Waals surface area contributed by atoms with Gasteiger partial charge in [-0.3, -0.25) is 0 Å². The number of nitrogens with one attached hydrogen (secondary N) is 1. The van der Waals surface area contributed by atoms with E-state index in [9.17, 15) is 0 Å². The Morgan fingerprint density at radius 1 is 1.04 bits per heavy atom. The molecule has 3 heterocycles. The van der Waals surface area contributed by atoms with E-state index >= 15 is 0 Å². The highest BCUT2D eigenvalue weighted by Gasteiger charge is 2.25. The van der Waals surface area contributed by atoms with Gasteiger partial charge in [0.25, 0.3) is 0 Å². The van der Waals surface area contributed by atoms with Crippen LogP contribution in [-0.4, -0.2) is 53.6 Å². The van der Waals surface area contributed by atoms with Crippen molar-refractivity contribution in [3.05, 3.63) is 17.8 Å². The molecule has 136 valence electrons. The van der Waals surface area contributed by atoms with Crippen LogP contribution in [0.3, 0.4) is 0 Å². The van der Waals surface area contributed by atoms with Crippen LogP contribution in [0.5, 0.6) is 0 Å². The second-order valence-corrected chi connectivity index (χ2v) is 7.65. The zero-order valence-electron chi connectivity index (χ0n) is 15.3. The molecule has 1 aliphatic carbocycles. The minimum Gasteiger partial charge on any atom is -0.353 e. The lowest BCUT2D eigenvalue weighted by atomic mass is 9.93. The molecule has 3 aliphatic rings. The summed E-state index contributed by atoms with van der Waals surface area (Å²) in [6.07, 6.45) is 17.2. The summed E-state index contributed by atoms with van der Waals surface area (Å²) in [4.78, 5) is 14.5. The van der Waals surface area contributed by atoms with E-state index in [1.165, 1.54) is 70.0 Å². The Morgan fingerprint density at radius 3 is 2.68 bits per heavy atom. The van der Waals surface area contributed by atoms with Crippen molar-refractivity contribution in [2.45, 2.75) is 57.4 Å². The molecule has 0 radical (unpaired) electrons. The number of aromatic nitrogens is 2. The van der Waals surface area contributed by atoms with Gasteiger partial charge in [0.05, 0.1) is 0 Å². The fraction of sp³-hybridized carbons (Fsp3) is 0.700. The van der Waals surface area contributed by atoms with Gasteiger partial charge in [-0.15, -0.1) is 0 Å². The molecule has 0 unspecified atom stereocenters. The SMILES string of the molecule is C1=Cc2cnc(NCCN3CCCCC3)nc2N(C2CCCCC2)C1. The Kier molecular flexibility index (Phi) is 5.50. The highest BCUT2D eigenvalue weighted by molar-refractivity contribution is 5.68. The Labute approximate surface area is 151 Å². The number of hydrogen-bond donors (Lipinski definition) is 1. The summed E-state index contributed by atoms with van der Waals surface area (Å²) in [5.41, 5.74) is 1.17. The van der Waals surface area contributed by atoms with Crippen molar-refractivity contribution in [3.63, 3.8) is 0 Å². The van der Waals surface area contributed by atoms with Gasteiger partial charge in [0.15, 0.2) is 0 Å². The summed E-state index contributed by atoms with van der Waals surface area (Å²) >= 11 is 0. The van der Waals surface area contributed by atoms with E-state index in [2.05, 4.69) is 32.3 Å². The molecule has 0 spiro atoms. The standard InChI is InChI=1S/C20H31N5/c1-3-9-18(10-4-1)25-14-7-8-17-16-22-20(23-19(17)25)21-11-15-24-12-5-2-6-13-24/h7-8,16,18H,1-6,9-15H2,(H,21,22,23). The minimum atomic E-state index is 0.647. The van der Waals surface area contributed by atoms with E-state index < -0.39 is 0 Å². The maximum atomic E-state index is 4.89. The summed E-state index contributed by atoms with van der Waals surface area (Å²) in [7, 11) is 0. The number of likely N-dealkylation sites (tertiary alicyclic amines) is 1. The Morgan fingerprint density at radius 2 is 1.84 bits per heavy atom. The first-order valence-electron chi connectivity index (χ1n) is 10.2. The zero-order chi connectivity index (χ0) is 16.9. The molecule has 4 rings (SSSR count). The van der Waals surface area contributed by atoms with E-state index in [0.717, 1.165) is 31.4 Å². The molecule has 0 atom stereocenters. The minimum absolute atomic E-state index is 0.647. The number of piperidine rings is 1. The van der Waals surface area contributed by atoms with E-state index in [-0.39, 0.29) is 0 Å². The number of anilines is 2. The number of rotatable bonds is 5. The van der Waals surface area contributed by atoms with Gasteiger partial charge in [0.1, 0.15) is 5.82 Å². The number of nitrogens with zero attached hydrogens (tertiary/aromatic N) is 4. The van der Waals surface area contributed by atoms with Gasteiger partial charge in [-0.25, -0.2) is 4.98 Å². The highest BCUT2D eigenvalue weighted by Crippen LogP contribution is 2.31.